The van der Waals surface area contributed by atoms with Crippen LogP contribution in [0.15, 0.2) is 17.3 Å². The Kier molecular flexibility index (Phi) is 4.54. The van der Waals surface area contributed by atoms with E-state index in [1.54, 1.807) is 7.05 Å². The fourth-order valence-corrected chi connectivity index (χ4v) is 3.31. The Balaban J connectivity index is 0.00000144. The van der Waals surface area contributed by atoms with Crippen LogP contribution < -0.4 is 5.32 Å². The quantitative estimate of drug-likeness (QED) is 0.816. The molecule has 0 aromatic carbocycles. The topological polar surface area (TPSA) is 67.2 Å². The molecule has 1 aromatic rings. The van der Waals surface area contributed by atoms with Crippen molar-refractivity contribution in [2.24, 2.45) is 7.05 Å². The lowest BCUT2D eigenvalue weighted by atomic mass is 10.3. The van der Waals surface area contributed by atoms with Crippen molar-refractivity contribution in [2.45, 2.75) is 17.9 Å². The molecule has 0 spiro atoms. The smallest absolute Gasteiger partial charge is 0.246 e. The first-order valence-electron chi connectivity index (χ1n) is 5.22. The van der Waals surface area contributed by atoms with Gasteiger partial charge in [0.1, 0.15) is 4.90 Å². The number of halogens is 1. The number of nitrogens with one attached hydrogen (secondary N) is 1. The van der Waals surface area contributed by atoms with Crippen LogP contribution in [0.2, 0.25) is 0 Å². The number of rotatable bonds is 2. The summed E-state index contributed by atoms with van der Waals surface area (Å²) in [6, 6.07) is 0.195. The molecule has 8 heteroatoms. The van der Waals surface area contributed by atoms with Crippen molar-refractivity contribution in [3.8, 4) is 0 Å². The molecular formula is C9H17ClN4O2S. The number of piperazine rings is 1. The average Bonchev–Trinajstić information content (AvgIpc) is 2.65. The number of sulfonamides is 1. The van der Waals surface area contributed by atoms with Gasteiger partial charge in [-0.3, -0.25) is 4.68 Å². The maximum absolute atomic E-state index is 12.2. The Morgan fingerprint density at radius 2 is 2.24 bits per heavy atom. The largest absolute Gasteiger partial charge is 0.312 e. The van der Waals surface area contributed by atoms with Crippen LogP contribution >= 0.6 is 12.4 Å². The number of nitrogens with zero attached hydrogens (tertiary/aromatic N) is 3. The van der Waals surface area contributed by atoms with E-state index in [2.05, 4.69) is 10.4 Å². The van der Waals surface area contributed by atoms with Gasteiger partial charge in [0, 0.05) is 38.9 Å². The molecule has 1 atom stereocenters. The molecule has 1 saturated heterocycles. The van der Waals surface area contributed by atoms with Gasteiger partial charge in [-0.25, -0.2) is 8.42 Å². The molecule has 0 unspecified atom stereocenters. The van der Waals surface area contributed by atoms with E-state index in [0.29, 0.717) is 19.6 Å². The van der Waals surface area contributed by atoms with Crippen LogP contribution in [0.25, 0.3) is 0 Å². The van der Waals surface area contributed by atoms with E-state index >= 15 is 0 Å². The molecule has 0 radical (unpaired) electrons. The zero-order valence-electron chi connectivity index (χ0n) is 9.83. The predicted molar refractivity (Wildman–Crippen MR) is 66.7 cm³/mol. The van der Waals surface area contributed by atoms with E-state index in [9.17, 15) is 8.42 Å². The second kappa shape index (κ2) is 5.34. The van der Waals surface area contributed by atoms with E-state index in [1.165, 1.54) is 21.4 Å². The summed E-state index contributed by atoms with van der Waals surface area (Å²) < 4.78 is 27.4. The van der Waals surface area contributed by atoms with E-state index < -0.39 is 10.0 Å². The van der Waals surface area contributed by atoms with Gasteiger partial charge in [0.25, 0.3) is 0 Å². The molecule has 1 fully saturated rings. The average molecular weight is 281 g/mol. The molecule has 2 heterocycles. The van der Waals surface area contributed by atoms with E-state index in [-0.39, 0.29) is 23.3 Å². The zero-order valence-corrected chi connectivity index (χ0v) is 11.5. The first kappa shape index (κ1) is 14.4. The molecule has 0 aliphatic carbocycles. The Labute approximate surface area is 107 Å². The van der Waals surface area contributed by atoms with Crippen molar-refractivity contribution in [3.63, 3.8) is 0 Å². The highest BCUT2D eigenvalue weighted by Gasteiger charge is 2.29. The lowest BCUT2D eigenvalue weighted by molar-refractivity contribution is 0.310. The van der Waals surface area contributed by atoms with Gasteiger partial charge in [-0.2, -0.15) is 9.40 Å². The summed E-state index contributed by atoms with van der Waals surface area (Å²) in [5, 5.41) is 7.11. The Morgan fingerprint density at radius 3 is 2.76 bits per heavy atom. The van der Waals surface area contributed by atoms with Crippen molar-refractivity contribution in [1.29, 1.82) is 0 Å². The molecular weight excluding hydrogens is 264 g/mol. The highest BCUT2D eigenvalue weighted by Crippen LogP contribution is 2.15. The van der Waals surface area contributed by atoms with Gasteiger partial charge in [-0.15, -0.1) is 12.4 Å². The van der Waals surface area contributed by atoms with E-state index in [1.807, 2.05) is 6.92 Å². The van der Waals surface area contributed by atoms with Gasteiger partial charge < -0.3 is 5.32 Å². The maximum Gasteiger partial charge on any atom is 0.246 e. The van der Waals surface area contributed by atoms with Crippen molar-refractivity contribution in [1.82, 2.24) is 19.4 Å². The van der Waals surface area contributed by atoms with E-state index in [0.717, 1.165) is 0 Å². The maximum atomic E-state index is 12.2. The van der Waals surface area contributed by atoms with Crippen molar-refractivity contribution >= 4 is 22.4 Å². The molecule has 1 aromatic heterocycles. The monoisotopic (exact) mass is 280 g/mol. The summed E-state index contributed by atoms with van der Waals surface area (Å²) in [6.07, 6.45) is 2.92. The van der Waals surface area contributed by atoms with Crippen molar-refractivity contribution in [3.05, 3.63) is 12.4 Å². The van der Waals surface area contributed by atoms with Gasteiger partial charge in [0.2, 0.25) is 10.0 Å². The van der Waals surface area contributed by atoms with Crippen LogP contribution in [0.5, 0.6) is 0 Å². The van der Waals surface area contributed by atoms with E-state index in [4.69, 9.17) is 0 Å². The lowest BCUT2D eigenvalue weighted by Crippen LogP contribution is -2.51. The van der Waals surface area contributed by atoms with Gasteiger partial charge in [-0.05, 0) is 6.92 Å². The second-order valence-electron chi connectivity index (χ2n) is 4.07. The zero-order chi connectivity index (χ0) is 11.8. The fraction of sp³-hybridized carbons (Fsp3) is 0.667. The predicted octanol–water partition coefficient (Wildman–Crippen LogP) is -0.176. The third-order valence-electron chi connectivity index (χ3n) is 2.65. The molecule has 0 bridgehead atoms. The molecule has 2 rings (SSSR count). The summed E-state index contributed by atoms with van der Waals surface area (Å²) in [7, 11) is -1.66. The third kappa shape index (κ3) is 2.98. The summed E-state index contributed by atoms with van der Waals surface area (Å²) in [5.41, 5.74) is 0. The molecule has 0 saturated carbocycles. The van der Waals surface area contributed by atoms with Crippen molar-refractivity contribution < 1.29 is 8.42 Å². The Morgan fingerprint density at radius 1 is 1.53 bits per heavy atom. The second-order valence-corrected chi connectivity index (χ2v) is 6.01. The normalized spacial score (nSPS) is 22.1. The summed E-state index contributed by atoms with van der Waals surface area (Å²) >= 11 is 0. The molecule has 1 aliphatic rings. The SMILES string of the molecule is C[C@@H]1CN(S(=O)(=O)c2cnn(C)c2)CCN1.Cl. The number of hydrogen-bond donors (Lipinski definition) is 1. The highest BCUT2D eigenvalue weighted by molar-refractivity contribution is 7.89. The van der Waals surface area contributed by atoms with Gasteiger partial charge in [-0.1, -0.05) is 0 Å². The molecule has 0 amide bonds. The Bertz CT molecular complexity index is 473. The number of hydrogen-bond acceptors (Lipinski definition) is 4. The highest BCUT2D eigenvalue weighted by atomic mass is 35.5. The molecule has 6 nitrogen and oxygen atoms in total. The number of aryl methyl sites for hydroxylation is 1. The minimum absolute atomic E-state index is 0. The third-order valence-corrected chi connectivity index (χ3v) is 4.47. The van der Waals surface area contributed by atoms with Crippen LogP contribution in [-0.2, 0) is 17.1 Å². The van der Waals surface area contributed by atoms with Gasteiger partial charge in [0.15, 0.2) is 0 Å². The van der Waals surface area contributed by atoms with Crippen molar-refractivity contribution in [2.75, 3.05) is 19.6 Å². The molecule has 17 heavy (non-hydrogen) atoms. The summed E-state index contributed by atoms with van der Waals surface area (Å²) in [5.74, 6) is 0. The first-order chi connectivity index (χ1) is 7.50. The van der Waals surface area contributed by atoms with Gasteiger partial charge >= 0.3 is 0 Å². The van der Waals surface area contributed by atoms with Crippen LogP contribution in [0.4, 0.5) is 0 Å². The standard InChI is InChI=1S/C9H16N4O2S.ClH/c1-8-6-13(4-3-10-8)16(14,15)9-5-11-12(2)7-9;/h5,7-8,10H,3-4,6H2,1-2H3;1H/t8-;/m1./s1. The molecule has 98 valence electrons. The fourth-order valence-electron chi connectivity index (χ4n) is 1.80. The number of aromatic nitrogens is 2. The summed E-state index contributed by atoms with van der Waals surface area (Å²) in [6.45, 7) is 3.70. The van der Waals surface area contributed by atoms with Crippen LogP contribution in [0.3, 0.4) is 0 Å². The molecule has 1 N–H and O–H groups in total. The van der Waals surface area contributed by atoms with Gasteiger partial charge in [0.05, 0.1) is 6.20 Å². The lowest BCUT2D eigenvalue weighted by Gasteiger charge is -2.30. The molecule has 1 aliphatic heterocycles. The van der Waals surface area contributed by atoms with Crippen LogP contribution in [0, 0.1) is 0 Å². The Hall–Kier alpha value is -0.630. The minimum Gasteiger partial charge on any atom is -0.312 e. The van der Waals surface area contributed by atoms with Crippen LogP contribution in [0.1, 0.15) is 6.92 Å². The first-order valence-corrected chi connectivity index (χ1v) is 6.66. The minimum atomic E-state index is -3.36. The van der Waals surface area contributed by atoms with Crippen LogP contribution in [-0.4, -0.2) is 48.2 Å². The summed E-state index contributed by atoms with van der Waals surface area (Å²) in [4.78, 5) is 0.268.